The van der Waals surface area contributed by atoms with E-state index >= 15 is 0 Å². The van der Waals surface area contributed by atoms with Crippen LogP contribution in [0.15, 0.2) is 18.2 Å². The molecule has 1 aliphatic carbocycles. The maximum atomic E-state index is 5.50. The number of methoxy groups -OCH3 is 2. The molecule has 1 aliphatic rings. The second-order valence-corrected chi connectivity index (χ2v) is 4.42. The topological polar surface area (TPSA) is 18.5 Å². The van der Waals surface area contributed by atoms with Gasteiger partial charge in [0.05, 0.1) is 14.2 Å². The van der Waals surface area contributed by atoms with Gasteiger partial charge in [-0.1, -0.05) is 31.4 Å². The van der Waals surface area contributed by atoms with Gasteiger partial charge in [-0.15, -0.1) is 0 Å². The largest absolute Gasteiger partial charge is 0.493 e. The average molecular weight is 220 g/mol. The summed E-state index contributed by atoms with van der Waals surface area (Å²) in [6.07, 6.45) is 6.62. The standard InChI is InChI=1S/C14H20O2/c1-15-13-10-6-9-12(14(13)16-2)11-7-4-3-5-8-11/h6,9-11H,3-5,7-8H2,1-2H3. The second kappa shape index (κ2) is 5.24. The molecule has 0 bridgehead atoms. The van der Waals surface area contributed by atoms with Crippen molar-refractivity contribution in [3.63, 3.8) is 0 Å². The summed E-state index contributed by atoms with van der Waals surface area (Å²) in [7, 11) is 3.42. The molecule has 2 nitrogen and oxygen atoms in total. The Labute approximate surface area is 97.6 Å². The first-order chi connectivity index (χ1) is 7.86. The van der Waals surface area contributed by atoms with Crippen LogP contribution in [-0.2, 0) is 0 Å². The van der Waals surface area contributed by atoms with Crippen LogP contribution in [0.3, 0.4) is 0 Å². The monoisotopic (exact) mass is 220 g/mol. The van der Waals surface area contributed by atoms with Crippen LogP contribution in [0.25, 0.3) is 0 Å². The highest BCUT2D eigenvalue weighted by Crippen LogP contribution is 2.41. The van der Waals surface area contributed by atoms with Crippen molar-refractivity contribution in [2.45, 2.75) is 38.0 Å². The lowest BCUT2D eigenvalue weighted by molar-refractivity contribution is 0.343. The van der Waals surface area contributed by atoms with Crippen LogP contribution in [0, 0.1) is 0 Å². The minimum atomic E-state index is 0.652. The highest BCUT2D eigenvalue weighted by atomic mass is 16.5. The van der Waals surface area contributed by atoms with E-state index in [4.69, 9.17) is 9.47 Å². The van der Waals surface area contributed by atoms with Crippen LogP contribution in [0.5, 0.6) is 11.5 Å². The third kappa shape index (κ3) is 2.16. The van der Waals surface area contributed by atoms with Gasteiger partial charge in [0.15, 0.2) is 11.5 Å². The summed E-state index contributed by atoms with van der Waals surface area (Å²) in [5, 5.41) is 0. The van der Waals surface area contributed by atoms with Gasteiger partial charge in [-0.05, 0) is 24.8 Å². The van der Waals surface area contributed by atoms with Crippen molar-refractivity contribution >= 4 is 0 Å². The Kier molecular flexibility index (Phi) is 3.70. The third-order valence-corrected chi connectivity index (χ3v) is 3.48. The first kappa shape index (κ1) is 11.3. The van der Waals surface area contributed by atoms with Crippen molar-refractivity contribution in [1.82, 2.24) is 0 Å². The minimum absolute atomic E-state index is 0.652. The fourth-order valence-corrected chi connectivity index (χ4v) is 2.65. The summed E-state index contributed by atoms with van der Waals surface area (Å²) < 4.78 is 10.8. The highest BCUT2D eigenvalue weighted by molar-refractivity contribution is 5.48. The lowest BCUT2D eigenvalue weighted by atomic mass is 9.83. The quantitative estimate of drug-likeness (QED) is 0.772. The van der Waals surface area contributed by atoms with Crippen LogP contribution < -0.4 is 9.47 Å². The van der Waals surface area contributed by atoms with Gasteiger partial charge in [0.2, 0.25) is 0 Å². The zero-order chi connectivity index (χ0) is 11.4. The molecule has 16 heavy (non-hydrogen) atoms. The van der Waals surface area contributed by atoms with E-state index in [9.17, 15) is 0 Å². The molecule has 0 radical (unpaired) electrons. The molecule has 1 saturated carbocycles. The molecule has 2 heteroatoms. The van der Waals surface area contributed by atoms with E-state index in [1.807, 2.05) is 6.07 Å². The number of para-hydroxylation sites is 1. The second-order valence-electron chi connectivity index (χ2n) is 4.42. The Hall–Kier alpha value is -1.18. The average Bonchev–Trinajstić information content (AvgIpc) is 2.38. The molecule has 88 valence electrons. The Bertz CT molecular complexity index is 341. The zero-order valence-corrected chi connectivity index (χ0v) is 10.2. The normalized spacial score (nSPS) is 17.1. The summed E-state index contributed by atoms with van der Waals surface area (Å²) in [5.74, 6) is 2.43. The van der Waals surface area contributed by atoms with Crippen LogP contribution in [-0.4, -0.2) is 14.2 Å². The molecule has 0 atom stereocenters. The number of hydrogen-bond acceptors (Lipinski definition) is 2. The summed E-state index contributed by atoms with van der Waals surface area (Å²) in [4.78, 5) is 0. The Morgan fingerprint density at radius 3 is 2.38 bits per heavy atom. The minimum Gasteiger partial charge on any atom is -0.493 e. The molecule has 0 spiro atoms. The fraction of sp³-hybridized carbons (Fsp3) is 0.571. The molecule has 1 aromatic carbocycles. The summed E-state index contributed by atoms with van der Waals surface area (Å²) in [5.41, 5.74) is 1.32. The summed E-state index contributed by atoms with van der Waals surface area (Å²) in [6, 6.07) is 6.20. The van der Waals surface area contributed by atoms with E-state index in [0.717, 1.165) is 11.5 Å². The SMILES string of the molecule is COc1cccc(C2CCCCC2)c1OC. The van der Waals surface area contributed by atoms with Crippen LogP contribution in [0.1, 0.15) is 43.6 Å². The van der Waals surface area contributed by atoms with Crippen LogP contribution in [0.4, 0.5) is 0 Å². The van der Waals surface area contributed by atoms with Gasteiger partial charge in [0.25, 0.3) is 0 Å². The molecule has 0 unspecified atom stereocenters. The van der Waals surface area contributed by atoms with Crippen molar-refractivity contribution in [3.8, 4) is 11.5 Å². The number of ether oxygens (including phenoxy) is 2. The third-order valence-electron chi connectivity index (χ3n) is 3.48. The van der Waals surface area contributed by atoms with Crippen molar-refractivity contribution in [1.29, 1.82) is 0 Å². The predicted molar refractivity (Wildman–Crippen MR) is 65.4 cm³/mol. The smallest absolute Gasteiger partial charge is 0.164 e. The van der Waals surface area contributed by atoms with Gasteiger partial charge in [-0.2, -0.15) is 0 Å². The molecule has 0 N–H and O–H groups in total. The molecular formula is C14H20O2. The van der Waals surface area contributed by atoms with Gasteiger partial charge in [0, 0.05) is 5.56 Å². The van der Waals surface area contributed by atoms with Crippen LogP contribution in [0.2, 0.25) is 0 Å². The van der Waals surface area contributed by atoms with Crippen molar-refractivity contribution in [2.75, 3.05) is 14.2 Å². The molecule has 1 aromatic rings. The van der Waals surface area contributed by atoms with Crippen molar-refractivity contribution in [3.05, 3.63) is 23.8 Å². The predicted octanol–water partition coefficient (Wildman–Crippen LogP) is 3.75. The van der Waals surface area contributed by atoms with Gasteiger partial charge < -0.3 is 9.47 Å². The number of benzene rings is 1. The van der Waals surface area contributed by atoms with E-state index in [-0.39, 0.29) is 0 Å². The Morgan fingerprint density at radius 2 is 1.75 bits per heavy atom. The van der Waals surface area contributed by atoms with Crippen molar-refractivity contribution in [2.24, 2.45) is 0 Å². The Balaban J connectivity index is 2.30. The van der Waals surface area contributed by atoms with E-state index in [2.05, 4.69) is 12.1 Å². The van der Waals surface area contributed by atoms with Gasteiger partial charge in [0.1, 0.15) is 0 Å². The molecular weight excluding hydrogens is 200 g/mol. The lowest BCUT2D eigenvalue weighted by Crippen LogP contribution is -2.06. The van der Waals surface area contributed by atoms with Crippen molar-refractivity contribution < 1.29 is 9.47 Å². The highest BCUT2D eigenvalue weighted by Gasteiger charge is 2.20. The summed E-state index contributed by atoms with van der Waals surface area (Å²) >= 11 is 0. The lowest BCUT2D eigenvalue weighted by Gasteiger charge is -2.24. The molecule has 0 amide bonds. The molecule has 1 fully saturated rings. The van der Waals surface area contributed by atoms with E-state index in [1.165, 1.54) is 37.7 Å². The molecule has 0 aromatic heterocycles. The fourth-order valence-electron chi connectivity index (χ4n) is 2.65. The molecule has 2 rings (SSSR count). The summed E-state index contributed by atoms with van der Waals surface area (Å²) in [6.45, 7) is 0. The first-order valence-corrected chi connectivity index (χ1v) is 6.07. The van der Waals surface area contributed by atoms with E-state index in [0.29, 0.717) is 5.92 Å². The first-order valence-electron chi connectivity index (χ1n) is 6.07. The molecule has 0 aliphatic heterocycles. The van der Waals surface area contributed by atoms with E-state index < -0.39 is 0 Å². The van der Waals surface area contributed by atoms with Gasteiger partial charge in [-0.3, -0.25) is 0 Å². The molecule has 0 saturated heterocycles. The van der Waals surface area contributed by atoms with E-state index in [1.54, 1.807) is 14.2 Å². The van der Waals surface area contributed by atoms with Gasteiger partial charge in [-0.25, -0.2) is 0 Å². The van der Waals surface area contributed by atoms with Gasteiger partial charge >= 0.3 is 0 Å². The maximum Gasteiger partial charge on any atom is 0.164 e. The number of hydrogen-bond donors (Lipinski definition) is 0. The van der Waals surface area contributed by atoms with Crippen LogP contribution >= 0.6 is 0 Å². The zero-order valence-electron chi connectivity index (χ0n) is 10.2. The Morgan fingerprint density at radius 1 is 1.00 bits per heavy atom. The maximum absolute atomic E-state index is 5.50. The number of rotatable bonds is 3. The molecule has 0 heterocycles.